The standard InChI is InChI=1S/C15H16O6/c1-5(2)7-8-11(16)19-9(7)10-13(3)14(8,18)4-6-15(13,21-6)12(17)20-10/h6-10,18H,1,4H2,2-3H3/t6-,7+,8+,9+,10-,13?,14-,15+/m1/s1. The maximum Gasteiger partial charge on any atom is 0.342 e. The predicted molar refractivity (Wildman–Crippen MR) is 66.8 cm³/mol. The van der Waals surface area contributed by atoms with Gasteiger partial charge in [0.05, 0.1) is 16.9 Å². The van der Waals surface area contributed by atoms with Crippen LogP contribution in [0.3, 0.4) is 0 Å². The van der Waals surface area contributed by atoms with Gasteiger partial charge in [0.1, 0.15) is 12.2 Å². The van der Waals surface area contributed by atoms with Crippen molar-refractivity contribution in [2.24, 2.45) is 17.3 Å². The molecule has 2 aliphatic carbocycles. The molecule has 112 valence electrons. The van der Waals surface area contributed by atoms with E-state index >= 15 is 0 Å². The predicted octanol–water partition coefficient (Wildman–Crippen LogP) is -0.0620. The molecule has 3 saturated heterocycles. The normalized spacial score (nSPS) is 62.0. The molecule has 0 aromatic carbocycles. The lowest BCUT2D eigenvalue weighted by molar-refractivity contribution is -0.195. The van der Waals surface area contributed by atoms with Crippen LogP contribution in [-0.4, -0.2) is 46.6 Å². The van der Waals surface area contributed by atoms with E-state index in [0.29, 0.717) is 0 Å². The topological polar surface area (TPSA) is 85.4 Å². The van der Waals surface area contributed by atoms with Crippen molar-refractivity contribution in [3.8, 4) is 0 Å². The third-order valence-corrected chi connectivity index (χ3v) is 6.60. The van der Waals surface area contributed by atoms with Crippen LogP contribution in [0.4, 0.5) is 0 Å². The minimum atomic E-state index is -1.35. The van der Waals surface area contributed by atoms with E-state index in [-0.39, 0.29) is 18.4 Å². The Morgan fingerprint density at radius 2 is 2.10 bits per heavy atom. The van der Waals surface area contributed by atoms with Crippen molar-refractivity contribution in [2.45, 2.75) is 49.8 Å². The van der Waals surface area contributed by atoms with E-state index in [2.05, 4.69) is 6.58 Å². The third kappa shape index (κ3) is 0.874. The molecule has 3 heterocycles. The number of carbonyl (C=O) groups excluding carboxylic acids is 2. The fourth-order valence-electron chi connectivity index (χ4n) is 5.59. The number of carbonyl (C=O) groups is 2. The number of hydrogen-bond acceptors (Lipinski definition) is 6. The summed E-state index contributed by atoms with van der Waals surface area (Å²) in [5, 5.41) is 11.4. The molecule has 6 nitrogen and oxygen atoms in total. The molecule has 0 amide bonds. The van der Waals surface area contributed by atoms with Crippen molar-refractivity contribution in [1.29, 1.82) is 0 Å². The molecule has 8 atom stereocenters. The summed E-state index contributed by atoms with van der Waals surface area (Å²) in [4.78, 5) is 24.7. The van der Waals surface area contributed by atoms with Crippen molar-refractivity contribution < 1.29 is 28.9 Å². The SMILES string of the molecule is C=C(C)[C@@H]1[C@@H]2OC(=O)[C@H]1[C@]1(O)C[C@H]3O[C@]34C(=O)O[C@H]2C14C. The molecule has 6 heteroatoms. The summed E-state index contributed by atoms with van der Waals surface area (Å²) in [6.07, 6.45) is -1.34. The summed E-state index contributed by atoms with van der Waals surface area (Å²) in [7, 11) is 0. The van der Waals surface area contributed by atoms with E-state index in [0.717, 1.165) is 5.57 Å². The molecule has 2 bridgehead atoms. The lowest BCUT2D eigenvalue weighted by Crippen LogP contribution is -2.66. The van der Waals surface area contributed by atoms with Crippen molar-refractivity contribution in [3.05, 3.63) is 12.2 Å². The fourth-order valence-corrected chi connectivity index (χ4v) is 5.59. The van der Waals surface area contributed by atoms with Crippen LogP contribution in [0.1, 0.15) is 20.3 Å². The second-order valence-corrected chi connectivity index (χ2v) is 7.25. The first-order valence-electron chi connectivity index (χ1n) is 7.26. The smallest absolute Gasteiger partial charge is 0.342 e. The highest BCUT2D eigenvalue weighted by Crippen LogP contribution is 2.76. The van der Waals surface area contributed by atoms with E-state index in [9.17, 15) is 14.7 Å². The Balaban J connectivity index is 1.78. The molecule has 0 aromatic rings. The van der Waals surface area contributed by atoms with Gasteiger partial charge in [-0.05, 0) is 13.8 Å². The van der Waals surface area contributed by atoms with E-state index < -0.39 is 46.7 Å². The van der Waals surface area contributed by atoms with Gasteiger partial charge in [0.25, 0.3) is 0 Å². The fraction of sp³-hybridized carbons (Fsp3) is 0.733. The summed E-state index contributed by atoms with van der Waals surface area (Å²) < 4.78 is 16.6. The Hall–Kier alpha value is -1.40. The average Bonchev–Trinajstić information content (AvgIpc) is 2.86. The number of epoxide rings is 1. The van der Waals surface area contributed by atoms with Crippen LogP contribution >= 0.6 is 0 Å². The first kappa shape index (κ1) is 12.2. The van der Waals surface area contributed by atoms with Gasteiger partial charge in [0.15, 0.2) is 6.10 Å². The van der Waals surface area contributed by atoms with Crippen LogP contribution in [-0.2, 0) is 23.8 Å². The van der Waals surface area contributed by atoms with Crippen molar-refractivity contribution in [1.82, 2.24) is 0 Å². The molecule has 1 N–H and O–H groups in total. The lowest BCUT2D eigenvalue weighted by Gasteiger charge is -2.51. The number of rotatable bonds is 1. The highest BCUT2D eigenvalue weighted by Gasteiger charge is 2.95. The molecule has 21 heavy (non-hydrogen) atoms. The van der Waals surface area contributed by atoms with Gasteiger partial charge in [-0.1, -0.05) is 12.2 Å². The molecule has 2 saturated carbocycles. The number of hydrogen-bond donors (Lipinski definition) is 1. The van der Waals surface area contributed by atoms with Gasteiger partial charge in [0, 0.05) is 12.3 Å². The molecule has 1 spiro atoms. The van der Waals surface area contributed by atoms with E-state index in [1.54, 1.807) is 6.92 Å². The van der Waals surface area contributed by atoms with Gasteiger partial charge in [0.2, 0.25) is 5.60 Å². The Bertz CT molecular complexity index is 642. The van der Waals surface area contributed by atoms with Crippen LogP contribution < -0.4 is 0 Å². The maximum atomic E-state index is 12.3. The van der Waals surface area contributed by atoms with Gasteiger partial charge >= 0.3 is 11.9 Å². The van der Waals surface area contributed by atoms with Crippen LogP contribution in [0.15, 0.2) is 12.2 Å². The first-order chi connectivity index (χ1) is 9.79. The summed E-state index contributed by atoms with van der Waals surface area (Å²) in [5.74, 6) is -1.86. The van der Waals surface area contributed by atoms with Gasteiger partial charge in [-0.15, -0.1) is 0 Å². The summed E-state index contributed by atoms with van der Waals surface area (Å²) in [6.45, 7) is 7.55. The monoisotopic (exact) mass is 292 g/mol. The zero-order chi connectivity index (χ0) is 14.9. The van der Waals surface area contributed by atoms with Gasteiger partial charge in [-0.25, -0.2) is 4.79 Å². The molecule has 0 aromatic heterocycles. The molecule has 1 unspecified atom stereocenters. The average molecular weight is 292 g/mol. The minimum Gasteiger partial charge on any atom is -0.457 e. The van der Waals surface area contributed by atoms with Crippen molar-refractivity contribution in [3.63, 3.8) is 0 Å². The first-order valence-corrected chi connectivity index (χ1v) is 7.26. The molecule has 5 fully saturated rings. The Morgan fingerprint density at radius 1 is 1.38 bits per heavy atom. The lowest BCUT2D eigenvalue weighted by atomic mass is 9.53. The zero-order valence-electron chi connectivity index (χ0n) is 11.8. The number of ether oxygens (including phenoxy) is 3. The van der Waals surface area contributed by atoms with Crippen LogP contribution in [0.5, 0.6) is 0 Å². The van der Waals surface area contributed by atoms with E-state index in [4.69, 9.17) is 14.2 Å². The van der Waals surface area contributed by atoms with Gasteiger partial charge in [-0.3, -0.25) is 4.79 Å². The number of aliphatic hydroxyl groups is 1. The highest BCUT2D eigenvalue weighted by atomic mass is 16.7. The molecule has 5 rings (SSSR count). The third-order valence-electron chi connectivity index (χ3n) is 6.60. The Kier molecular flexibility index (Phi) is 1.68. The minimum absolute atomic E-state index is 0.269. The molecule has 5 aliphatic rings. The second kappa shape index (κ2) is 2.90. The molecule has 0 radical (unpaired) electrons. The number of fused-ring (bicyclic) bond motifs is 4. The molecular formula is C15H16O6. The molecular weight excluding hydrogens is 276 g/mol. The number of esters is 2. The Morgan fingerprint density at radius 3 is 2.76 bits per heavy atom. The van der Waals surface area contributed by atoms with E-state index in [1.165, 1.54) is 0 Å². The second-order valence-electron chi connectivity index (χ2n) is 7.25. The highest BCUT2D eigenvalue weighted by molar-refractivity contribution is 5.91. The maximum absolute atomic E-state index is 12.3. The van der Waals surface area contributed by atoms with Crippen LogP contribution in [0.2, 0.25) is 0 Å². The van der Waals surface area contributed by atoms with Crippen molar-refractivity contribution in [2.75, 3.05) is 0 Å². The largest absolute Gasteiger partial charge is 0.457 e. The van der Waals surface area contributed by atoms with Gasteiger partial charge < -0.3 is 19.3 Å². The van der Waals surface area contributed by atoms with Crippen LogP contribution in [0.25, 0.3) is 0 Å². The van der Waals surface area contributed by atoms with E-state index in [1.807, 2.05) is 6.92 Å². The summed E-state index contributed by atoms with van der Waals surface area (Å²) in [5.41, 5.74) is -2.60. The van der Waals surface area contributed by atoms with Gasteiger partial charge in [-0.2, -0.15) is 0 Å². The summed E-state index contributed by atoms with van der Waals surface area (Å²) in [6, 6.07) is 0. The molecule has 3 aliphatic heterocycles. The zero-order valence-corrected chi connectivity index (χ0v) is 11.8. The summed E-state index contributed by atoms with van der Waals surface area (Å²) >= 11 is 0. The Labute approximate surface area is 121 Å². The quantitative estimate of drug-likeness (QED) is 0.414. The van der Waals surface area contributed by atoms with Crippen LogP contribution in [0, 0.1) is 17.3 Å². The van der Waals surface area contributed by atoms with Crippen molar-refractivity contribution >= 4 is 11.9 Å².